The van der Waals surface area contributed by atoms with Crippen LogP contribution in [0.15, 0.2) is 0 Å². The third-order valence-corrected chi connectivity index (χ3v) is 3.80. The fourth-order valence-electron chi connectivity index (χ4n) is 2.71. The van der Waals surface area contributed by atoms with Gasteiger partial charge in [-0.15, -0.1) is 0 Å². The van der Waals surface area contributed by atoms with Gasteiger partial charge in [-0.3, -0.25) is 0 Å². The second-order valence-corrected chi connectivity index (χ2v) is 4.98. The predicted molar refractivity (Wildman–Crippen MR) is 54.5 cm³/mol. The highest BCUT2D eigenvalue weighted by Crippen LogP contribution is 2.46. The molecule has 0 aromatic rings. The number of hydrogen-bond acceptors (Lipinski definition) is 1. The fraction of sp³-hybridized carbons (Fsp3) is 1.00. The minimum atomic E-state index is 0.0133. The Kier molecular flexibility index (Phi) is 3.26. The summed E-state index contributed by atoms with van der Waals surface area (Å²) in [6, 6.07) is 0. The topological polar surface area (TPSA) is 20.2 Å². The van der Waals surface area contributed by atoms with Crippen LogP contribution in [0.2, 0.25) is 0 Å². The van der Waals surface area contributed by atoms with Crippen LogP contribution in [0.1, 0.15) is 57.8 Å². The van der Waals surface area contributed by atoms with Gasteiger partial charge in [-0.1, -0.05) is 32.1 Å². The first-order chi connectivity index (χ1) is 6.36. The summed E-state index contributed by atoms with van der Waals surface area (Å²) >= 11 is 0. The predicted octanol–water partition coefficient (Wildman–Crippen LogP) is 3.12. The van der Waals surface area contributed by atoms with E-state index in [9.17, 15) is 5.11 Å². The maximum atomic E-state index is 9.66. The molecule has 0 spiro atoms. The molecule has 0 aromatic heterocycles. The summed E-state index contributed by atoms with van der Waals surface area (Å²) < 4.78 is 0. The lowest BCUT2D eigenvalue weighted by Gasteiger charge is -2.08. The number of fused-ring (bicyclic) bond motifs is 1. The molecule has 0 saturated heterocycles. The van der Waals surface area contributed by atoms with Crippen molar-refractivity contribution >= 4 is 0 Å². The molecule has 1 N–H and O–H groups in total. The second kappa shape index (κ2) is 4.45. The summed E-state index contributed by atoms with van der Waals surface area (Å²) in [6.45, 7) is 0. The van der Waals surface area contributed by atoms with Gasteiger partial charge in [0.1, 0.15) is 0 Å². The van der Waals surface area contributed by atoms with Gasteiger partial charge < -0.3 is 5.11 Å². The summed E-state index contributed by atoms with van der Waals surface area (Å²) in [6.07, 6.45) is 11.8. The summed E-state index contributed by atoms with van der Waals surface area (Å²) in [5.74, 6) is 2.04. The Morgan fingerprint density at radius 1 is 0.692 bits per heavy atom. The first kappa shape index (κ1) is 9.51. The van der Waals surface area contributed by atoms with E-state index < -0.39 is 0 Å². The van der Waals surface area contributed by atoms with Crippen molar-refractivity contribution in [2.24, 2.45) is 11.8 Å². The zero-order chi connectivity index (χ0) is 9.10. The van der Waals surface area contributed by atoms with Crippen molar-refractivity contribution in [1.29, 1.82) is 0 Å². The third kappa shape index (κ3) is 2.98. The minimum Gasteiger partial charge on any atom is -0.393 e. The molecule has 76 valence electrons. The maximum absolute atomic E-state index is 9.66. The van der Waals surface area contributed by atoms with Crippen LogP contribution in [0.5, 0.6) is 0 Å². The van der Waals surface area contributed by atoms with Gasteiger partial charge >= 0.3 is 0 Å². The van der Waals surface area contributed by atoms with Crippen LogP contribution in [-0.4, -0.2) is 11.2 Å². The van der Waals surface area contributed by atoms with Gasteiger partial charge in [-0.05, 0) is 37.5 Å². The van der Waals surface area contributed by atoms with Crippen LogP contribution >= 0.6 is 0 Å². The molecule has 1 heteroatoms. The second-order valence-electron chi connectivity index (χ2n) is 4.98. The van der Waals surface area contributed by atoms with Gasteiger partial charge in [0.2, 0.25) is 0 Å². The molecule has 2 aliphatic rings. The number of hydrogen-bond donors (Lipinski definition) is 1. The van der Waals surface area contributed by atoms with Crippen LogP contribution in [0.3, 0.4) is 0 Å². The molecule has 0 heterocycles. The molecule has 2 fully saturated rings. The van der Waals surface area contributed by atoms with Gasteiger partial charge in [0.15, 0.2) is 0 Å². The Hall–Kier alpha value is -0.0400. The SMILES string of the molecule is OC1CCCCCCC2CC2CC1. The van der Waals surface area contributed by atoms with Crippen molar-refractivity contribution in [2.45, 2.75) is 63.9 Å². The zero-order valence-electron chi connectivity index (χ0n) is 8.54. The maximum Gasteiger partial charge on any atom is 0.0540 e. The molecule has 3 unspecified atom stereocenters. The normalized spacial score (nSPS) is 41.8. The van der Waals surface area contributed by atoms with Crippen molar-refractivity contribution in [2.75, 3.05) is 0 Å². The van der Waals surface area contributed by atoms with Gasteiger partial charge in [0, 0.05) is 0 Å². The van der Waals surface area contributed by atoms with E-state index in [1.807, 2.05) is 0 Å². The highest BCUT2D eigenvalue weighted by atomic mass is 16.3. The first-order valence-electron chi connectivity index (χ1n) is 6.04. The Bertz CT molecular complexity index is 151. The van der Waals surface area contributed by atoms with Crippen molar-refractivity contribution in [3.8, 4) is 0 Å². The number of rotatable bonds is 0. The Balaban J connectivity index is 1.75. The largest absolute Gasteiger partial charge is 0.393 e. The molecule has 13 heavy (non-hydrogen) atoms. The fourth-order valence-corrected chi connectivity index (χ4v) is 2.71. The van der Waals surface area contributed by atoms with Crippen LogP contribution in [-0.2, 0) is 0 Å². The third-order valence-electron chi connectivity index (χ3n) is 3.80. The molecule has 1 nitrogen and oxygen atoms in total. The van der Waals surface area contributed by atoms with Gasteiger partial charge in [0.25, 0.3) is 0 Å². The molecular weight excluding hydrogens is 160 g/mol. The average molecular weight is 182 g/mol. The van der Waals surface area contributed by atoms with E-state index in [1.165, 1.54) is 44.9 Å². The van der Waals surface area contributed by atoms with E-state index in [0.29, 0.717) is 0 Å². The molecule has 0 radical (unpaired) electrons. The summed E-state index contributed by atoms with van der Waals surface area (Å²) in [5, 5.41) is 9.66. The van der Waals surface area contributed by atoms with Crippen LogP contribution in [0.4, 0.5) is 0 Å². The molecule has 2 aliphatic carbocycles. The molecule has 0 aromatic carbocycles. The number of aliphatic hydroxyl groups excluding tert-OH is 1. The lowest BCUT2D eigenvalue weighted by molar-refractivity contribution is 0.146. The molecule has 2 rings (SSSR count). The van der Waals surface area contributed by atoms with Crippen LogP contribution in [0, 0.1) is 11.8 Å². The van der Waals surface area contributed by atoms with Gasteiger partial charge in [0.05, 0.1) is 6.10 Å². The standard InChI is InChI=1S/C12H22O/c13-12-6-4-2-1-3-5-10-9-11(10)7-8-12/h10-13H,1-9H2. The van der Waals surface area contributed by atoms with E-state index in [1.54, 1.807) is 0 Å². The van der Waals surface area contributed by atoms with Crippen molar-refractivity contribution < 1.29 is 5.11 Å². The monoisotopic (exact) mass is 182 g/mol. The molecular formula is C12H22O. The Labute approximate surface area is 81.5 Å². The highest BCUT2D eigenvalue weighted by Gasteiger charge is 2.35. The lowest BCUT2D eigenvalue weighted by Crippen LogP contribution is -2.06. The van der Waals surface area contributed by atoms with Crippen LogP contribution in [0.25, 0.3) is 0 Å². The van der Waals surface area contributed by atoms with E-state index in [-0.39, 0.29) is 6.10 Å². The Morgan fingerprint density at radius 3 is 2.23 bits per heavy atom. The van der Waals surface area contributed by atoms with E-state index >= 15 is 0 Å². The first-order valence-corrected chi connectivity index (χ1v) is 6.04. The molecule has 3 atom stereocenters. The van der Waals surface area contributed by atoms with Gasteiger partial charge in [-0.25, -0.2) is 0 Å². The summed E-state index contributed by atoms with van der Waals surface area (Å²) in [4.78, 5) is 0. The van der Waals surface area contributed by atoms with E-state index in [2.05, 4.69) is 0 Å². The van der Waals surface area contributed by atoms with Crippen molar-refractivity contribution in [1.82, 2.24) is 0 Å². The highest BCUT2D eigenvalue weighted by molar-refractivity contribution is 4.86. The molecule has 0 aliphatic heterocycles. The molecule has 0 bridgehead atoms. The number of aliphatic hydroxyl groups is 1. The van der Waals surface area contributed by atoms with Crippen molar-refractivity contribution in [3.05, 3.63) is 0 Å². The van der Waals surface area contributed by atoms with Gasteiger partial charge in [-0.2, -0.15) is 0 Å². The zero-order valence-corrected chi connectivity index (χ0v) is 8.54. The molecule has 0 amide bonds. The summed E-state index contributed by atoms with van der Waals surface area (Å²) in [5.41, 5.74) is 0. The van der Waals surface area contributed by atoms with Crippen molar-refractivity contribution in [3.63, 3.8) is 0 Å². The quantitative estimate of drug-likeness (QED) is 0.610. The molecule has 2 saturated carbocycles. The Morgan fingerprint density at radius 2 is 1.38 bits per heavy atom. The minimum absolute atomic E-state index is 0.0133. The van der Waals surface area contributed by atoms with E-state index in [0.717, 1.165) is 24.7 Å². The van der Waals surface area contributed by atoms with E-state index in [4.69, 9.17) is 0 Å². The summed E-state index contributed by atoms with van der Waals surface area (Å²) in [7, 11) is 0. The van der Waals surface area contributed by atoms with Crippen LogP contribution < -0.4 is 0 Å². The smallest absolute Gasteiger partial charge is 0.0540 e. The lowest BCUT2D eigenvalue weighted by atomic mass is 10.0. The average Bonchev–Trinajstić information content (AvgIpc) is 2.85.